The molecule has 4 aromatic rings. The number of rotatable bonds is 5. The number of nitrogens with one attached hydrogen (secondary N) is 1. The maximum atomic E-state index is 4.90. The summed E-state index contributed by atoms with van der Waals surface area (Å²) < 4.78 is 1.94. The highest BCUT2D eigenvalue weighted by molar-refractivity contribution is 7.16. The smallest absolute Gasteiger partial charge is 0.211 e. The van der Waals surface area contributed by atoms with Crippen LogP contribution in [0.2, 0.25) is 0 Å². The molecule has 4 rings (SSSR count). The molecule has 1 N–H and O–H groups in total. The molecule has 0 fully saturated rings. The van der Waals surface area contributed by atoms with Gasteiger partial charge < -0.3 is 5.43 Å². The SMILES string of the molecule is CN/N=C(/C)c1sc(-n2nc(-c3ccccc3)cc2-c2ccccc2)nc1C. The van der Waals surface area contributed by atoms with E-state index in [-0.39, 0.29) is 0 Å². The van der Waals surface area contributed by atoms with Crippen molar-refractivity contribution in [3.63, 3.8) is 0 Å². The molecule has 140 valence electrons. The molecule has 28 heavy (non-hydrogen) atoms. The molecule has 0 unspecified atom stereocenters. The summed E-state index contributed by atoms with van der Waals surface area (Å²) in [6, 6.07) is 22.6. The Morgan fingerprint density at radius 1 is 1.00 bits per heavy atom. The Morgan fingerprint density at radius 2 is 1.64 bits per heavy atom. The molecule has 0 spiro atoms. The van der Waals surface area contributed by atoms with E-state index >= 15 is 0 Å². The first-order valence-corrected chi connectivity index (χ1v) is 9.89. The van der Waals surface area contributed by atoms with Crippen molar-refractivity contribution in [2.75, 3.05) is 7.05 Å². The summed E-state index contributed by atoms with van der Waals surface area (Å²) in [6.07, 6.45) is 0. The van der Waals surface area contributed by atoms with Gasteiger partial charge in [0.25, 0.3) is 0 Å². The molecular weight excluding hydrogens is 366 g/mol. The van der Waals surface area contributed by atoms with Crippen LogP contribution in [0.4, 0.5) is 0 Å². The molecule has 2 aromatic heterocycles. The van der Waals surface area contributed by atoms with E-state index in [1.807, 2.05) is 54.9 Å². The van der Waals surface area contributed by atoms with Crippen LogP contribution >= 0.6 is 11.3 Å². The maximum Gasteiger partial charge on any atom is 0.211 e. The van der Waals surface area contributed by atoms with Gasteiger partial charge >= 0.3 is 0 Å². The van der Waals surface area contributed by atoms with Crippen LogP contribution < -0.4 is 5.43 Å². The van der Waals surface area contributed by atoms with Gasteiger partial charge in [-0.15, -0.1) is 0 Å². The Labute approximate surface area is 168 Å². The number of hydrogen-bond acceptors (Lipinski definition) is 5. The molecule has 0 amide bonds. The Kier molecular flexibility index (Phi) is 5.04. The molecular formula is C22H21N5S. The Balaban J connectivity index is 1.88. The monoisotopic (exact) mass is 387 g/mol. The molecule has 0 atom stereocenters. The van der Waals surface area contributed by atoms with E-state index in [1.165, 1.54) is 0 Å². The van der Waals surface area contributed by atoms with E-state index in [2.05, 4.69) is 40.9 Å². The second kappa shape index (κ2) is 7.78. The second-order valence-electron chi connectivity index (χ2n) is 6.39. The van der Waals surface area contributed by atoms with E-state index in [0.717, 1.165) is 43.9 Å². The molecule has 6 heteroatoms. The molecule has 2 aromatic carbocycles. The molecule has 0 bridgehead atoms. The van der Waals surface area contributed by atoms with Crippen molar-refractivity contribution >= 4 is 17.0 Å². The van der Waals surface area contributed by atoms with E-state index in [9.17, 15) is 0 Å². The van der Waals surface area contributed by atoms with Crippen molar-refractivity contribution in [3.05, 3.63) is 77.3 Å². The third-order valence-electron chi connectivity index (χ3n) is 4.42. The number of thiazole rings is 1. The summed E-state index contributed by atoms with van der Waals surface area (Å²) in [7, 11) is 1.80. The van der Waals surface area contributed by atoms with Gasteiger partial charge in [-0.25, -0.2) is 9.67 Å². The quantitative estimate of drug-likeness (QED) is 0.391. The number of aromatic nitrogens is 3. The predicted molar refractivity (Wildman–Crippen MR) is 116 cm³/mol. The second-order valence-corrected chi connectivity index (χ2v) is 7.37. The van der Waals surface area contributed by atoms with Crippen LogP contribution in [0.3, 0.4) is 0 Å². The van der Waals surface area contributed by atoms with Gasteiger partial charge in [-0.1, -0.05) is 72.0 Å². The predicted octanol–water partition coefficient (Wildman–Crippen LogP) is 4.91. The van der Waals surface area contributed by atoms with Gasteiger partial charge in [-0.3, -0.25) is 0 Å². The van der Waals surface area contributed by atoms with Crippen LogP contribution in [0.25, 0.3) is 27.6 Å². The van der Waals surface area contributed by atoms with Gasteiger partial charge in [0.05, 0.1) is 27.7 Å². The fraction of sp³-hybridized carbons (Fsp3) is 0.136. The summed E-state index contributed by atoms with van der Waals surface area (Å²) in [5, 5.41) is 10.0. The lowest BCUT2D eigenvalue weighted by Crippen LogP contribution is -2.02. The highest BCUT2D eigenvalue weighted by Crippen LogP contribution is 2.31. The average Bonchev–Trinajstić information content (AvgIpc) is 3.33. The number of nitrogens with zero attached hydrogens (tertiary/aromatic N) is 4. The van der Waals surface area contributed by atoms with Gasteiger partial charge in [0.1, 0.15) is 0 Å². The van der Waals surface area contributed by atoms with Crippen LogP contribution in [-0.4, -0.2) is 27.5 Å². The minimum atomic E-state index is 0.833. The summed E-state index contributed by atoms with van der Waals surface area (Å²) in [4.78, 5) is 5.84. The number of aryl methyl sites for hydroxylation is 1. The molecule has 2 heterocycles. The lowest BCUT2D eigenvalue weighted by molar-refractivity contribution is 0.875. The first-order chi connectivity index (χ1) is 13.7. The molecule has 0 aliphatic heterocycles. The van der Waals surface area contributed by atoms with E-state index in [4.69, 9.17) is 10.1 Å². The fourth-order valence-corrected chi connectivity index (χ4v) is 4.10. The van der Waals surface area contributed by atoms with E-state index in [1.54, 1.807) is 18.4 Å². The molecule has 0 aliphatic carbocycles. The van der Waals surface area contributed by atoms with Crippen LogP contribution in [-0.2, 0) is 0 Å². The van der Waals surface area contributed by atoms with Crippen molar-refractivity contribution in [2.45, 2.75) is 13.8 Å². The highest BCUT2D eigenvalue weighted by atomic mass is 32.1. The first-order valence-electron chi connectivity index (χ1n) is 9.07. The Bertz CT molecular complexity index is 1110. The van der Waals surface area contributed by atoms with Crippen molar-refractivity contribution in [1.82, 2.24) is 20.2 Å². The van der Waals surface area contributed by atoms with Gasteiger partial charge in [0.15, 0.2) is 0 Å². The zero-order chi connectivity index (χ0) is 19.5. The fourth-order valence-electron chi connectivity index (χ4n) is 3.12. The summed E-state index contributed by atoms with van der Waals surface area (Å²) in [5.41, 5.74) is 8.85. The average molecular weight is 388 g/mol. The van der Waals surface area contributed by atoms with Crippen molar-refractivity contribution in [2.24, 2.45) is 5.10 Å². The zero-order valence-electron chi connectivity index (χ0n) is 16.0. The zero-order valence-corrected chi connectivity index (χ0v) is 16.9. The highest BCUT2D eigenvalue weighted by Gasteiger charge is 2.18. The van der Waals surface area contributed by atoms with Crippen molar-refractivity contribution in [3.8, 4) is 27.6 Å². The molecule has 0 saturated carbocycles. The van der Waals surface area contributed by atoms with Crippen LogP contribution in [0.1, 0.15) is 17.5 Å². The van der Waals surface area contributed by atoms with E-state index in [0.29, 0.717) is 0 Å². The van der Waals surface area contributed by atoms with Gasteiger partial charge in [-0.05, 0) is 19.9 Å². The molecule has 5 nitrogen and oxygen atoms in total. The van der Waals surface area contributed by atoms with Gasteiger partial charge in [-0.2, -0.15) is 10.2 Å². The van der Waals surface area contributed by atoms with Crippen molar-refractivity contribution in [1.29, 1.82) is 0 Å². The van der Waals surface area contributed by atoms with Gasteiger partial charge in [0, 0.05) is 18.2 Å². The number of hydrazone groups is 1. The topological polar surface area (TPSA) is 55.1 Å². The standard InChI is InChI=1S/C22H21N5S/c1-15-21(16(2)25-23-3)28-22(24-15)27-20(18-12-8-5-9-13-18)14-19(26-27)17-10-6-4-7-11-17/h4-14,23H,1-3H3/b25-16-. The summed E-state index contributed by atoms with van der Waals surface area (Å²) >= 11 is 1.60. The van der Waals surface area contributed by atoms with Crippen molar-refractivity contribution < 1.29 is 0 Å². The molecule has 0 aliphatic rings. The number of hydrogen-bond donors (Lipinski definition) is 1. The largest absolute Gasteiger partial charge is 0.313 e. The summed E-state index contributed by atoms with van der Waals surface area (Å²) in [6.45, 7) is 3.99. The lowest BCUT2D eigenvalue weighted by Gasteiger charge is -2.03. The Morgan fingerprint density at radius 3 is 2.29 bits per heavy atom. The summed E-state index contributed by atoms with van der Waals surface area (Å²) in [5.74, 6) is 0. The minimum absolute atomic E-state index is 0.833. The van der Waals surface area contributed by atoms with Crippen LogP contribution in [0.15, 0.2) is 71.8 Å². The Hall–Kier alpha value is -3.25. The molecule has 0 saturated heterocycles. The normalized spacial score (nSPS) is 11.6. The first kappa shape index (κ1) is 18.1. The van der Waals surface area contributed by atoms with Crippen LogP contribution in [0, 0.1) is 6.92 Å². The van der Waals surface area contributed by atoms with E-state index < -0.39 is 0 Å². The number of benzene rings is 2. The maximum absolute atomic E-state index is 4.90. The molecule has 0 radical (unpaired) electrons. The third kappa shape index (κ3) is 3.46. The third-order valence-corrected chi connectivity index (χ3v) is 5.66. The minimum Gasteiger partial charge on any atom is -0.313 e. The van der Waals surface area contributed by atoms with Crippen LogP contribution in [0.5, 0.6) is 0 Å². The lowest BCUT2D eigenvalue weighted by atomic mass is 10.1. The van der Waals surface area contributed by atoms with Gasteiger partial charge in [0.2, 0.25) is 5.13 Å².